The molecule has 0 spiro atoms. The molecule has 0 aliphatic carbocycles. The maximum Gasteiger partial charge on any atom is 0.117 e. The van der Waals surface area contributed by atoms with E-state index < -0.39 is 0 Å². The minimum absolute atomic E-state index is 0.0786. The van der Waals surface area contributed by atoms with Crippen LogP contribution in [-0.2, 0) is 13.0 Å². The van der Waals surface area contributed by atoms with Crippen LogP contribution in [-0.4, -0.2) is 17.8 Å². The van der Waals surface area contributed by atoms with Gasteiger partial charge in [0.05, 0.1) is 12.6 Å². The number of furan rings is 1. The van der Waals surface area contributed by atoms with Crippen molar-refractivity contribution in [2.45, 2.75) is 46.8 Å². The number of aliphatic hydroxyl groups excluding tert-OH is 1. The fourth-order valence-corrected chi connectivity index (χ4v) is 1.35. The van der Waals surface area contributed by atoms with Gasteiger partial charge in [-0.15, -0.1) is 0 Å². The Bertz CT molecular complexity index is 312. The highest BCUT2D eigenvalue weighted by molar-refractivity contribution is 5.06. The zero-order valence-electron chi connectivity index (χ0n) is 10.7. The fourth-order valence-electron chi connectivity index (χ4n) is 1.35. The first-order chi connectivity index (χ1) is 7.43. The quantitative estimate of drug-likeness (QED) is 0.808. The van der Waals surface area contributed by atoms with Crippen molar-refractivity contribution in [2.75, 3.05) is 6.54 Å². The molecule has 1 atom stereocenters. The Balaban J connectivity index is 2.30. The van der Waals surface area contributed by atoms with Crippen LogP contribution in [0.15, 0.2) is 16.5 Å². The van der Waals surface area contributed by atoms with E-state index in [0.29, 0.717) is 13.1 Å². The van der Waals surface area contributed by atoms with E-state index in [4.69, 9.17) is 4.42 Å². The number of hydrogen-bond acceptors (Lipinski definition) is 3. The van der Waals surface area contributed by atoms with Gasteiger partial charge in [0.2, 0.25) is 0 Å². The lowest BCUT2D eigenvalue weighted by atomic mass is 9.89. The predicted molar refractivity (Wildman–Crippen MR) is 65.3 cm³/mol. The number of aryl methyl sites for hydroxylation is 1. The van der Waals surface area contributed by atoms with Gasteiger partial charge >= 0.3 is 0 Å². The molecule has 0 radical (unpaired) electrons. The summed E-state index contributed by atoms with van der Waals surface area (Å²) < 4.78 is 5.56. The average molecular weight is 225 g/mol. The van der Waals surface area contributed by atoms with Gasteiger partial charge in [-0.2, -0.15) is 0 Å². The van der Waals surface area contributed by atoms with Crippen molar-refractivity contribution in [1.82, 2.24) is 5.32 Å². The standard InChI is InChI=1S/C13H23NO2/c1-5-10-6-7-11(16-10)8-14-9-12(15)13(2,3)4/h6-7,12,14-15H,5,8-9H2,1-4H3. The molecule has 0 bridgehead atoms. The molecule has 0 saturated heterocycles. The zero-order valence-corrected chi connectivity index (χ0v) is 10.7. The lowest BCUT2D eigenvalue weighted by Gasteiger charge is -2.25. The molecular formula is C13H23NO2. The van der Waals surface area contributed by atoms with Crippen molar-refractivity contribution in [3.63, 3.8) is 0 Å². The Morgan fingerprint density at radius 2 is 1.94 bits per heavy atom. The summed E-state index contributed by atoms with van der Waals surface area (Å²) in [7, 11) is 0. The van der Waals surface area contributed by atoms with Crippen LogP contribution in [0.1, 0.15) is 39.2 Å². The minimum Gasteiger partial charge on any atom is -0.465 e. The second-order valence-corrected chi connectivity index (χ2v) is 5.23. The maximum absolute atomic E-state index is 9.82. The van der Waals surface area contributed by atoms with Crippen LogP contribution in [0, 0.1) is 5.41 Å². The van der Waals surface area contributed by atoms with E-state index in [-0.39, 0.29) is 11.5 Å². The SMILES string of the molecule is CCc1ccc(CNCC(O)C(C)(C)C)o1. The Morgan fingerprint density at radius 1 is 1.31 bits per heavy atom. The van der Waals surface area contributed by atoms with Gasteiger partial charge in [-0.3, -0.25) is 0 Å². The minimum atomic E-state index is -0.340. The van der Waals surface area contributed by atoms with E-state index in [2.05, 4.69) is 12.2 Å². The molecule has 0 aliphatic rings. The molecule has 1 aromatic rings. The molecule has 92 valence electrons. The molecule has 2 N–H and O–H groups in total. The summed E-state index contributed by atoms with van der Waals surface area (Å²) in [5.41, 5.74) is -0.0786. The summed E-state index contributed by atoms with van der Waals surface area (Å²) in [6.07, 6.45) is 0.582. The molecule has 3 nitrogen and oxygen atoms in total. The van der Waals surface area contributed by atoms with Crippen molar-refractivity contribution < 1.29 is 9.52 Å². The Kier molecular flexibility index (Phi) is 4.56. The fraction of sp³-hybridized carbons (Fsp3) is 0.692. The highest BCUT2D eigenvalue weighted by Crippen LogP contribution is 2.18. The molecule has 0 aliphatic heterocycles. The smallest absolute Gasteiger partial charge is 0.117 e. The first kappa shape index (κ1) is 13.3. The highest BCUT2D eigenvalue weighted by Gasteiger charge is 2.21. The van der Waals surface area contributed by atoms with Gasteiger partial charge in [0, 0.05) is 13.0 Å². The van der Waals surface area contributed by atoms with Gasteiger partial charge in [0.15, 0.2) is 0 Å². The lowest BCUT2D eigenvalue weighted by Crippen LogP contribution is -2.36. The second-order valence-electron chi connectivity index (χ2n) is 5.23. The average Bonchev–Trinajstić information content (AvgIpc) is 2.64. The Hall–Kier alpha value is -0.800. The molecule has 1 aromatic heterocycles. The zero-order chi connectivity index (χ0) is 12.2. The molecule has 16 heavy (non-hydrogen) atoms. The molecule has 1 heterocycles. The van der Waals surface area contributed by atoms with Crippen molar-refractivity contribution in [1.29, 1.82) is 0 Å². The van der Waals surface area contributed by atoms with E-state index in [1.54, 1.807) is 0 Å². The molecule has 0 fully saturated rings. The summed E-state index contributed by atoms with van der Waals surface area (Å²) in [5.74, 6) is 1.94. The van der Waals surface area contributed by atoms with E-state index in [0.717, 1.165) is 17.9 Å². The summed E-state index contributed by atoms with van der Waals surface area (Å²) in [5, 5.41) is 13.0. The van der Waals surface area contributed by atoms with Gasteiger partial charge in [0.25, 0.3) is 0 Å². The van der Waals surface area contributed by atoms with Crippen LogP contribution in [0.4, 0.5) is 0 Å². The van der Waals surface area contributed by atoms with Gasteiger partial charge < -0.3 is 14.8 Å². The predicted octanol–water partition coefficient (Wildman–Crippen LogP) is 2.34. The molecule has 0 amide bonds. The Morgan fingerprint density at radius 3 is 2.44 bits per heavy atom. The van der Waals surface area contributed by atoms with Crippen molar-refractivity contribution in [3.8, 4) is 0 Å². The van der Waals surface area contributed by atoms with E-state index in [9.17, 15) is 5.11 Å². The number of hydrogen-bond donors (Lipinski definition) is 2. The molecule has 0 aromatic carbocycles. The number of nitrogens with one attached hydrogen (secondary N) is 1. The van der Waals surface area contributed by atoms with Gasteiger partial charge in [-0.25, -0.2) is 0 Å². The van der Waals surface area contributed by atoms with E-state index in [1.807, 2.05) is 32.9 Å². The third kappa shape index (κ3) is 3.99. The summed E-state index contributed by atoms with van der Waals surface area (Å²) >= 11 is 0. The second kappa shape index (κ2) is 5.51. The largest absolute Gasteiger partial charge is 0.465 e. The molecule has 1 unspecified atom stereocenters. The third-order valence-corrected chi connectivity index (χ3v) is 2.70. The van der Waals surface area contributed by atoms with Crippen molar-refractivity contribution in [2.24, 2.45) is 5.41 Å². The highest BCUT2D eigenvalue weighted by atomic mass is 16.3. The Labute approximate surface area is 97.9 Å². The molecule has 3 heteroatoms. The van der Waals surface area contributed by atoms with Crippen LogP contribution in [0.3, 0.4) is 0 Å². The van der Waals surface area contributed by atoms with Gasteiger partial charge in [0.1, 0.15) is 11.5 Å². The molecule has 1 rings (SSSR count). The summed E-state index contributed by atoms with van der Waals surface area (Å²) in [4.78, 5) is 0. The van der Waals surface area contributed by atoms with Gasteiger partial charge in [-0.1, -0.05) is 27.7 Å². The summed E-state index contributed by atoms with van der Waals surface area (Å²) in [6.45, 7) is 9.42. The van der Waals surface area contributed by atoms with Crippen LogP contribution in [0.25, 0.3) is 0 Å². The first-order valence-corrected chi connectivity index (χ1v) is 5.90. The van der Waals surface area contributed by atoms with E-state index >= 15 is 0 Å². The third-order valence-electron chi connectivity index (χ3n) is 2.70. The summed E-state index contributed by atoms with van der Waals surface area (Å²) in [6, 6.07) is 3.98. The number of rotatable bonds is 5. The topological polar surface area (TPSA) is 45.4 Å². The first-order valence-electron chi connectivity index (χ1n) is 5.90. The molecular weight excluding hydrogens is 202 g/mol. The van der Waals surface area contributed by atoms with Crippen molar-refractivity contribution in [3.05, 3.63) is 23.7 Å². The number of aliphatic hydroxyl groups is 1. The monoisotopic (exact) mass is 225 g/mol. The normalized spacial score (nSPS) is 14.1. The van der Waals surface area contributed by atoms with E-state index in [1.165, 1.54) is 0 Å². The van der Waals surface area contributed by atoms with Crippen LogP contribution < -0.4 is 5.32 Å². The van der Waals surface area contributed by atoms with Crippen molar-refractivity contribution >= 4 is 0 Å². The van der Waals surface area contributed by atoms with Crippen LogP contribution in [0.2, 0.25) is 0 Å². The molecule has 0 saturated carbocycles. The maximum atomic E-state index is 9.82. The lowest BCUT2D eigenvalue weighted by molar-refractivity contribution is 0.0623. The van der Waals surface area contributed by atoms with Crippen LogP contribution >= 0.6 is 0 Å². The van der Waals surface area contributed by atoms with Crippen LogP contribution in [0.5, 0.6) is 0 Å². The van der Waals surface area contributed by atoms with Gasteiger partial charge in [-0.05, 0) is 17.5 Å².